The van der Waals surface area contributed by atoms with E-state index in [0.29, 0.717) is 10.7 Å². The van der Waals surface area contributed by atoms with Crippen molar-refractivity contribution in [2.45, 2.75) is 6.92 Å². The summed E-state index contributed by atoms with van der Waals surface area (Å²) in [4.78, 5) is 21.1. The minimum atomic E-state index is -4.83. The molecule has 2 rings (SSSR count). The molecule has 0 saturated carbocycles. The standard InChI is InChI=1S/C8H10AsNO5.C7H4Cl2O2/c1-6(11)10-8-4-2-3-7(5-8)9(12,13)15-14;8-4-1-2-5(7(10)11)6(9)3-4/h2-5,14H,1H3,(H,10,11)(H,12,13);1-3H,(H,10,11). The van der Waals surface area contributed by atoms with Gasteiger partial charge in [0.25, 0.3) is 0 Å². The van der Waals surface area contributed by atoms with Crippen LogP contribution in [0.4, 0.5) is 5.69 Å². The SMILES string of the molecule is CC(=O)Nc1cccc([As](=O)(O)OO)c1.O=C(O)c1ccc(Cl)cc1Cl. The fourth-order valence-electron chi connectivity index (χ4n) is 1.67. The van der Waals surface area contributed by atoms with Crippen molar-refractivity contribution in [3.05, 3.63) is 58.1 Å². The number of halogens is 2. The van der Waals surface area contributed by atoms with Gasteiger partial charge >= 0.3 is 94.4 Å². The molecule has 0 aliphatic carbocycles. The number of anilines is 1. The molecule has 4 N–H and O–H groups in total. The van der Waals surface area contributed by atoms with E-state index >= 15 is 0 Å². The van der Waals surface area contributed by atoms with E-state index < -0.39 is 20.1 Å². The van der Waals surface area contributed by atoms with Crippen LogP contribution in [-0.2, 0) is 12.4 Å². The van der Waals surface area contributed by atoms with Crippen molar-refractivity contribution in [1.29, 1.82) is 0 Å². The average Bonchev–Trinajstić information content (AvgIpc) is 2.54. The zero-order valence-electron chi connectivity index (χ0n) is 13.2. The third-order valence-corrected chi connectivity index (χ3v) is 5.73. The van der Waals surface area contributed by atoms with Crippen LogP contribution in [0.1, 0.15) is 17.3 Å². The Hall–Kier alpha value is -1.80. The second-order valence-electron chi connectivity index (χ2n) is 4.76. The fraction of sp³-hybridized carbons (Fsp3) is 0.0667. The second kappa shape index (κ2) is 9.77. The van der Waals surface area contributed by atoms with Gasteiger partial charge in [0.05, 0.1) is 10.6 Å². The molecule has 1 atom stereocenters. The number of benzene rings is 2. The van der Waals surface area contributed by atoms with Gasteiger partial charge in [-0.2, -0.15) is 0 Å². The summed E-state index contributed by atoms with van der Waals surface area (Å²) in [5.74, 6) is -1.34. The number of carboxylic acids is 1. The first-order chi connectivity index (χ1) is 12.1. The molecule has 0 aliphatic rings. The number of hydrogen-bond acceptors (Lipinski definition) is 5. The van der Waals surface area contributed by atoms with Crippen LogP contribution in [-0.4, -0.2) is 40.5 Å². The number of carbonyl (C=O) groups is 2. The summed E-state index contributed by atoms with van der Waals surface area (Å²) in [6, 6.07) is 9.89. The Bertz CT molecular complexity index is 860. The summed E-state index contributed by atoms with van der Waals surface area (Å²) < 4.78 is 23.9. The van der Waals surface area contributed by atoms with Crippen LogP contribution < -0.4 is 9.67 Å². The first-order valence-corrected chi connectivity index (χ1v) is 10.9. The number of carboxylic acid groups (broad SMARTS) is 1. The van der Waals surface area contributed by atoms with Gasteiger partial charge in [-0.15, -0.1) is 0 Å². The minimum absolute atomic E-state index is 0.0399. The molecule has 11 heteroatoms. The fourth-order valence-corrected chi connectivity index (χ4v) is 3.57. The molecule has 2 aromatic carbocycles. The maximum Gasteiger partial charge on any atom is 0.337 e. The largest absolute Gasteiger partial charge is 0.478 e. The van der Waals surface area contributed by atoms with Gasteiger partial charge in [-0.05, 0) is 18.2 Å². The van der Waals surface area contributed by atoms with E-state index in [1.54, 1.807) is 6.07 Å². The predicted molar refractivity (Wildman–Crippen MR) is 96.2 cm³/mol. The molecule has 0 aliphatic heterocycles. The van der Waals surface area contributed by atoms with E-state index in [0.717, 1.165) is 0 Å². The predicted octanol–water partition coefficient (Wildman–Crippen LogP) is 2.39. The van der Waals surface area contributed by atoms with E-state index in [2.05, 4.69) is 9.19 Å². The number of nitrogens with one attached hydrogen (secondary N) is 1. The van der Waals surface area contributed by atoms with Crippen molar-refractivity contribution >= 4 is 59.3 Å². The summed E-state index contributed by atoms with van der Waals surface area (Å²) in [7, 11) is 0. The number of rotatable bonds is 4. The van der Waals surface area contributed by atoms with Crippen molar-refractivity contribution in [3.8, 4) is 0 Å². The van der Waals surface area contributed by atoms with Crippen LogP contribution in [0.15, 0.2) is 42.5 Å². The zero-order chi connectivity index (χ0) is 19.9. The number of aromatic carboxylic acids is 1. The Morgan fingerprint density at radius 1 is 1.15 bits per heavy atom. The third kappa shape index (κ3) is 6.84. The maximum absolute atomic E-state index is 11.3. The van der Waals surface area contributed by atoms with E-state index in [1.807, 2.05) is 0 Å². The van der Waals surface area contributed by atoms with Crippen molar-refractivity contribution in [2.75, 3.05) is 5.32 Å². The summed E-state index contributed by atoms with van der Waals surface area (Å²) in [6.45, 7) is 1.32. The molecule has 26 heavy (non-hydrogen) atoms. The molecule has 1 amide bonds. The van der Waals surface area contributed by atoms with Gasteiger partial charge in [0.15, 0.2) is 0 Å². The maximum atomic E-state index is 11.3. The van der Waals surface area contributed by atoms with Crippen LogP contribution in [0.3, 0.4) is 0 Å². The normalized spacial score (nSPS) is 12.3. The summed E-state index contributed by atoms with van der Waals surface area (Å²) in [5.41, 5.74) is 0.434. The molecule has 1 unspecified atom stereocenters. The molecular weight excluding hydrogens is 452 g/mol. The molecule has 0 fully saturated rings. The molecule has 0 aromatic heterocycles. The molecule has 0 saturated heterocycles. The van der Waals surface area contributed by atoms with Crippen molar-refractivity contribution in [3.63, 3.8) is 0 Å². The second-order valence-corrected chi connectivity index (χ2v) is 9.22. The van der Waals surface area contributed by atoms with Crippen LogP contribution in [0.5, 0.6) is 0 Å². The van der Waals surface area contributed by atoms with Gasteiger partial charge in [-0.1, -0.05) is 23.2 Å². The van der Waals surface area contributed by atoms with Crippen LogP contribution in [0, 0.1) is 0 Å². The van der Waals surface area contributed by atoms with E-state index in [4.69, 9.17) is 33.6 Å². The monoisotopic (exact) mass is 465 g/mol. The molecule has 0 heterocycles. The Balaban J connectivity index is 0.000000273. The van der Waals surface area contributed by atoms with Crippen LogP contribution >= 0.6 is 23.2 Å². The Kier molecular flexibility index (Phi) is 8.36. The van der Waals surface area contributed by atoms with E-state index in [-0.39, 0.29) is 20.8 Å². The van der Waals surface area contributed by atoms with Gasteiger partial charge in [0.1, 0.15) is 0 Å². The van der Waals surface area contributed by atoms with Gasteiger partial charge in [-0.3, -0.25) is 0 Å². The van der Waals surface area contributed by atoms with E-state index in [9.17, 15) is 17.4 Å². The molecule has 0 bridgehead atoms. The Morgan fingerprint density at radius 3 is 2.31 bits per heavy atom. The van der Waals surface area contributed by atoms with Crippen LogP contribution in [0.2, 0.25) is 10.0 Å². The van der Waals surface area contributed by atoms with Crippen LogP contribution in [0.25, 0.3) is 0 Å². The quantitative estimate of drug-likeness (QED) is 0.309. The third-order valence-electron chi connectivity index (χ3n) is 2.77. The topological polar surface area (TPSA) is 133 Å². The number of carbonyl (C=O) groups excluding carboxylic acids is 1. The van der Waals surface area contributed by atoms with Gasteiger partial charge in [0.2, 0.25) is 0 Å². The van der Waals surface area contributed by atoms with Gasteiger partial charge in [-0.25, -0.2) is 4.79 Å². The van der Waals surface area contributed by atoms with Crippen molar-refractivity contribution in [2.24, 2.45) is 0 Å². The molecule has 0 spiro atoms. The van der Waals surface area contributed by atoms with Gasteiger partial charge < -0.3 is 5.11 Å². The van der Waals surface area contributed by atoms with E-state index in [1.165, 1.54) is 43.3 Å². The summed E-state index contributed by atoms with van der Waals surface area (Å²) in [5, 5.41) is 19.8. The molecule has 2 aromatic rings. The smallest absolute Gasteiger partial charge is 0.337 e. The number of hydrogen-bond donors (Lipinski definition) is 4. The molecule has 0 radical (unpaired) electrons. The molecule has 140 valence electrons. The zero-order valence-corrected chi connectivity index (χ0v) is 16.6. The van der Waals surface area contributed by atoms with Gasteiger partial charge in [0, 0.05) is 5.02 Å². The average molecular weight is 466 g/mol. The molecule has 8 nitrogen and oxygen atoms in total. The van der Waals surface area contributed by atoms with Crippen molar-refractivity contribution < 1.29 is 31.7 Å². The summed E-state index contributed by atoms with van der Waals surface area (Å²) in [6.07, 6.45) is 0. The minimum Gasteiger partial charge on any atom is -0.478 e. The van der Waals surface area contributed by atoms with Crippen molar-refractivity contribution in [1.82, 2.24) is 0 Å². The number of amides is 1. The molecular formula is C15H14AsCl2NO7. The Morgan fingerprint density at radius 2 is 1.81 bits per heavy atom. The first kappa shape index (κ1) is 22.2. The first-order valence-electron chi connectivity index (χ1n) is 6.79. The summed E-state index contributed by atoms with van der Waals surface area (Å²) >= 11 is 6.28. The Labute approximate surface area is 161 Å².